The number of alkyl carbamates (subject to hydrolysis) is 1. The molecule has 1 aliphatic rings. The molecule has 1 aliphatic carbocycles. The summed E-state index contributed by atoms with van der Waals surface area (Å²) in [5.41, 5.74) is 4.25. The third-order valence-electron chi connectivity index (χ3n) is 5.80. The quantitative estimate of drug-likeness (QED) is 0.228. The van der Waals surface area contributed by atoms with E-state index in [2.05, 4.69) is 22.5 Å². The minimum absolute atomic E-state index is 0.00880. The average molecular weight is 524 g/mol. The van der Waals surface area contributed by atoms with Gasteiger partial charge in [-0.05, 0) is 28.7 Å². The van der Waals surface area contributed by atoms with Crippen LogP contribution in [0, 0.1) is 0 Å². The Hall–Kier alpha value is -4.67. The van der Waals surface area contributed by atoms with Crippen LogP contribution in [-0.2, 0) is 28.7 Å². The van der Waals surface area contributed by atoms with E-state index in [-0.39, 0.29) is 32.0 Å². The molecule has 0 aromatic heterocycles. The van der Waals surface area contributed by atoms with Crippen LogP contribution in [-0.4, -0.2) is 67.3 Å². The first-order chi connectivity index (χ1) is 18.3. The largest absolute Gasteiger partial charge is 0.480 e. The van der Waals surface area contributed by atoms with E-state index in [9.17, 15) is 24.0 Å². The Morgan fingerprint density at radius 3 is 2.16 bits per heavy atom. The van der Waals surface area contributed by atoms with Crippen LogP contribution in [0.5, 0.6) is 0 Å². The molecule has 1 atom stereocenters. The van der Waals surface area contributed by atoms with Crippen molar-refractivity contribution >= 4 is 29.8 Å². The summed E-state index contributed by atoms with van der Waals surface area (Å²) in [7, 11) is 0. The molecule has 3 amide bonds. The molecule has 0 heterocycles. The molecule has 0 spiro atoms. The summed E-state index contributed by atoms with van der Waals surface area (Å²) < 4.78 is 10.2. The molecule has 4 N–H and O–H groups in total. The number of rotatable bonds is 13. The van der Waals surface area contributed by atoms with Gasteiger partial charge in [-0.2, -0.15) is 0 Å². The Labute approximate surface area is 219 Å². The molecule has 0 aliphatic heterocycles. The van der Waals surface area contributed by atoms with E-state index in [0.29, 0.717) is 0 Å². The van der Waals surface area contributed by atoms with Crippen LogP contribution < -0.4 is 16.0 Å². The second kappa shape index (κ2) is 13.6. The number of carboxylic acid groups (broad SMARTS) is 1. The molecule has 0 fully saturated rings. The number of esters is 1. The first-order valence-electron chi connectivity index (χ1n) is 11.9. The van der Waals surface area contributed by atoms with Gasteiger partial charge in [0.25, 0.3) is 0 Å². The summed E-state index contributed by atoms with van der Waals surface area (Å²) in [6, 6.07) is 14.5. The molecule has 11 nitrogen and oxygen atoms in total. The molecule has 0 saturated carbocycles. The molecule has 3 rings (SSSR count). The molecule has 38 heavy (non-hydrogen) atoms. The number of ether oxygens (including phenoxy) is 2. The third kappa shape index (κ3) is 7.66. The predicted octanol–water partition coefficient (Wildman–Crippen LogP) is 1.72. The van der Waals surface area contributed by atoms with Crippen molar-refractivity contribution in [2.45, 2.75) is 24.8 Å². The topological polar surface area (TPSA) is 160 Å². The van der Waals surface area contributed by atoms with E-state index >= 15 is 0 Å². The van der Waals surface area contributed by atoms with Crippen molar-refractivity contribution in [3.8, 4) is 11.1 Å². The smallest absolute Gasteiger partial charge is 0.407 e. The van der Waals surface area contributed by atoms with Gasteiger partial charge in [0, 0.05) is 12.3 Å². The Kier molecular flexibility index (Phi) is 9.98. The van der Waals surface area contributed by atoms with Gasteiger partial charge in [-0.1, -0.05) is 61.2 Å². The first-order valence-corrected chi connectivity index (χ1v) is 11.9. The highest BCUT2D eigenvalue weighted by Gasteiger charge is 2.29. The molecule has 0 unspecified atom stereocenters. The van der Waals surface area contributed by atoms with Crippen LogP contribution in [0.15, 0.2) is 61.2 Å². The highest BCUT2D eigenvalue weighted by Crippen LogP contribution is 2.44. The zero-order valence-corrected chi connectivity index (χ0v) is 20.6. The SMILES string of the molecule is C=CCOC(=O)CC[C@H](NC(=O)CNC(=O)OCC1c2ccccc2-c2ccccc21)C(=O)NCC(=O)O. The average Bonchev–Trinajstić information content (AvgIpc) is 3.24. The fraction of sp³-hybridized carbons (Fsp3) is 0.296. The molecule has 0 bridgehead atoms. The molecular formula is C27H29N3O8. The van der Waals surface area contributed by atoms with Gasteiger partial charge in [-0.25, -0.2) is 4.79 Å². The van der Waals surface area contributed by atoms with Crippen LogP contribution in [0.3, 0.4) is 0 Å². The Bertz CT molecular complexity index is 1170. The third-order valence-corrected chi connectivity index (χ3v) is 5.80. The number of carboxylic acids is 1. The van der Waals surface area contributed by atoms with Crippen molar-refractivity contribution in [3.05, 3.63) is 72.3 Å². The van der Waals surface area contributed by atoms with Crippen molar-refractivity contribution in [2.24, 2.45) is 0 Å². The van der Waals surface area contributed by atoms with Crippen LogP contribution in [0.4, 0.5) is 4.79 Å². The molecule has 11 heteroatoms. The second-order valence-electron chi connectivity index (χ2n) is 8.42. The summed E-state index contributed by atoms with van der Waals surface area (Å²) in [4.78, 5) is 59.5. The number of hydrogen-bond acceptors (Lipinski definition) is 7. The number of nitrogens with one attached hydrogen (secondary N) is 3. The van der Waals surface area contributed by atoms with E-state index in [0.717, 1.165) is 22.3 Å². The van der Waals surface area contributed by atoms with Gasteiger partial charge in [0.2, 0.25) is 11.8 Å². The van der Waals surface area contributed by atoms with Crippen molar-refractivity contribution in [1.29, 1.82) is 0 Å². The lowest BCUT2D eigenvalue weighted by molar-refractivity contribution is -0.143. The van der Waals surface area contributed by atoms with E-state index < -0.39 is 49.0 Å². The predicted molar refractivity (Wildman–Crippen MR) is 136 cm³/mol. The zero-order chi connectivity index (χ0) is 27.5. The maximum absolute atomic E-state index is 12.4. The molecule has 0 saturated heterocycles. The summed E-state index contributed by atoms with van der Waals surface area (Å²) in [6.45, 7) is 2.32. The maximum atomic E-state index is 12.4. The lowest BCUT2D eigenvalue weighted by atomic mass is 9.98. The highest BCUT2D eigenvalue weighted by molar-refractivity contribution is 5.91. The number of hydrogen-bond donors (Lipinski definition) is 4. The van der Waals surface area contributed by atoms with Crippen LogP contribution in [0.1, 0.15) is 29.9 Å². The van der Waals surface area contributed by atoms with Crippen LogP contribution in [0.25, 0.3) is 11.1 Å². The van der Waals surface area contributed by atoms with E-state index in [1.807, 2.05) is 48.5 Å². The normalized spacial score (nSPS) is 12.3. The lowest BCUT2D eigenvalue weighted by Crippen LogP contribution is -2.50. The molecule has 200 valence electrons. The first kappa shape index (κ1) is 27.9. The van der Waals surface area contributed by atoms with Crippen LogP contribution >= 0.6 is 0 Å². The zero-order valence-electron chi connectivity index (χ0n) is 20.6. The van der Waals surface area contributed by atoms with Gasteiger partial charge in [0.05, 0.1) is 0 Å². The molecule has 2 aromatic carbocycles. The van der Waals surface area contributed by atoms with Crippen molar-refractivity contribution in [3.63, 3.8) is 0 Å². The fourth-order valence-corrected chi connectivity index (χ4v) is 4.09. The Balaban J connectivity index is 1.51. The second-order valence-corrected chi connectivity index (χ2v) is 8.42. The maximum Gasteiger partial charge on any atom is 0.407 e. The van der Waals surface area contributed by atoms with E-state index in [1.165, 1.54) is 6.08 Å². The number of amides is 3. The van der Waals surface area contributed by atoms with Gasteiger partial charge in [0.15, 0.2) is 0 Å². The lowest BCUT2D eigenvalue weighted by Gasteiger charge is -2.18. The van der Waals surface area contributed by atoms with Gasteiger partial charge in [-0.15, -0.1) is 0 Å². The number of aliphatic carboxylic acids is 1. The van der Waals surface area contributed by atoms with Gasteiger partial charge < -0.3 is 30.5 Å². The summed E-state index contributed by atoms with van der Waals surface area (Å²) in [5.74, 6) is -3.56. The molecular weight excluding hydrogens is 494 g/mol. The Morgan fingerprint density at radius 1 is 0.921 bits per heavy atom. The Morgan fingerprint density at radius 2 is 1.55 bits per heavy atom. The number of benzene rings is 2. The standard InChI is InChI=1S/C27H29N3O8/c1-2-13-37-25(34)12-11-22(26(35)28-15-24(32)33)30-23(31)14-29-27(36)38-16-21-19-9-5-3-7-17(19)18-8-4-6-10-20(18)21/h2-10,21-22H,1,11-16H2,(H,28,35)(H,29,36)(H,30,31)(H,32,33)/t22-/m0/s1. The van der Waals surface area contributed by atoms with E-state index in [1.54, 1.807) is 0 Å². The monoisotopic (exact) mass is 523 g/mol. The minimum Gasteiger partial charge on any atom is -0.480 e. The number of fused-ring (bicyclic) bond motifs is 3. The van der Waals surface area contributed by atoms with E-state index in [4.69, 9.17) is 14.6 Å². The summed E-state index contributed by atoms with van der Waals surface area (Å²) in [6.07, 6.45) is 0.213. The fourth-order valence-electron chi connectivity index (χ4n) is 4.09. The van der Waals surface area contributed by atoms with Gasteiger partial charge in [0.1, 0.15) is 32.3 Å². The number of carbonyl (C=O) groups excluding carboxylic acids is 4. The van der Waals surface area contributed by atoms with Crippen LogP contribution in [0.2, 0.25) is 0 Å². The minimum atomic E-state index is -1.27. The van der Waals surface area contributed by atoms with Gasteiger partial charge in [-0.3, -0.25) is 19.2 Å². The summed E-state index contributed by atoms with van der Waals surface area (Å²) >= 11 is 0. The molecule has 2 aromatic rings. The molecule has 0 radical (unpaired) electrons. The highest BCUT2D eigenvalue weighted by atomic mass is 16.5. The van der Waals surface area contributed by atoms with Crippen molar-refractivity contribution in [2.75, 3.05) is 26.3 Å². The van der Waals surface area contributed by atoms with Crippen molar-refractivity contribution in [1.82, 2.24) is 16.0 Å². The van der Waals surface area contributed by atoms with Crippen molar-refractivity contribution < 1.29 is 38.6 Å². The summed E-state index contributed by atoms with van der Waals surface area (Å²) in [5, 5.41) is 15.7. The number of carbonyl (C=O) groups is 5. The van der Waals surface area contributed by atoms with Gasteiger partial charge >= 0.3 is 18.0 Å².